The largest absolute Gasteiger partial charge is 0.369 e. The lowest BCUT2D eigenvalue weighted by Gasteiger charge is -2.24. The third kappa shape index (κ3) is 4.32. The highest BCUT2D eigenvalue weighted by Gasteiger charge is 2.22. The Morgan fingerprint density at radius 3 is 2.68 bits per heavy atom. The van der Waals surface area contributed by atoms with Crippen molar-refractivity contribution in [1.82, 2.24) is 5.32 Å². The fourth-order valence-corrected chi connectivity index (χ4v) is 2.85. The second-order valence-corrected chi connectivity index (χ2v) is 5.59. The molecular formula is C17H27NO. The lowest BCUT2D eigenvalue weighted by atomic mass is 10.0. The predicted molar refractivity (Wildman–Crippen MR) is 80.4 cm³/mol. The molecule has 0 radical (unpaired) electrons. The Hall–Kier alpha value is -0.860. The lowest BCUT2D eigenvalue weighted by Crippen LogP contribution is -2.27. The summed E-state index contributed by atoms with van der Waals surface area (Å²) in [6, 6.07) is 8.61. The van der Waals surface area contributed by atoms with Gasteiger partial charge in [-0.3, -0.25) is 0 Å². The monoisotopic (exact) mass is 261 g/mol. The molecule has 1 atom stereocenters. The molecule has 1 N–H and O–H groups in total. The maximum Gasteiger partial charge on any atom is 0.0955 e. The van der Waals surface area contributed by atoms with Crippen molar-refractivity contribution in [3.63, 3.8) is 0 Å². The first-order valence-electron chi connectivity index (χ1n) is 7.73. The molecule has 1 aliphatic carbocycles. The van der Waals surface area contributed by atoms with Crippen LogP contribution in [0.5, 0.6) is 0 Å². The topological polar surface area (TPSA) is 21.3 Å². The minimum Gasteiger partial charge on any atom is -0.369 e. The van der Waals surface area contributed by atoms with Gasteiger partial charge in [0, 0.05) is 6.54 Å². The number of hydrogen-bond acceptors (Lipinski definition) is 2. The molecule has 1 fully saturated rings. The van der Waals surface area contributed by atoms with E-state index in [4.69, 9.17) is 4.74 Å². The minimum atomic E-state index is 0.204. The van der Waals surface area contributed by atoms with E-state index in [0.717, 1.165) is 13.1 Å². The first-order chi connectivity index (χ1) is 9.31. The van der Waals surface area contributed by atoms with Crippen molar-refractivity contribution in [2.75, 3.05) is 13.1 Å². The van der Waals surface area contributed by atoms with Crippen molar-refractivity contribution in [2.45, 2.75) is 58.2 Å². The Balaban J connectivity index is 2.02. The number of benzene rings is 1. The van der Waals surface area contributed by atoms with Crippen LogP contribution in [-0.2, 0) is 4.74 Å². The van der Waals surface area contributed by atoms with Crippen molar-refractivity contribution in [3.05, 3.63) is 35.4 Å². The second-order valence-electron chi connectivity index (χ2n) is 5.59. The first-order valence-corrected chi connectivity index (χ1v) is 7.73. The molecule has 0 aromatic heterocycles. The number of rotatable bonds is 7. The molecule has 1 unspecified atom stereocenters. The van der Waals surface area contributed by atoms with Crippen LogP contribution in [0.2, 0.25) is 0 Å². The van der Waals surface area contributed by atoms with Crippen molar-refractivity contribution < 1.29 is 4.74 Å². The van der Waals surface area contributed by atoms with Gasteiger partial charge in [0.1, 0.15) is 0 Å². The molecule has 1 aromatic carbocycles. The van der Waals surface area contributed by atoms with Crippen molar-refractivity contribution >= 4 is 0 Å². The second kappa shape index (κ2) is 7.66. The fourth-order valence-electron chi connectivity index (χ4n) is 2.85. The zero-order chi connectivity index (χ0) is 13.5. The highest BCUT2D eigenvalue weighted by molar-refractivity contribution is 5.28. The van der Waals surface area contributed by atoms with E-state index in [1.54, 1.807) is 0 Å². The molecule has 106 valence electrons. The predicted octanol–water partition coefficient (Wildman–Crippen LogP) is 3.99. The molecule has 2 nitrogen and oxygen atoms in total. The average Bonchev–Trinajstić information content (AvgIpc) is 2.91. The Bertz CT molecular complexity index is 371. The number of aryl methyl sites for hydroxylation is 1. The normalized spacial score (nSPS) is 17.8. The van der Waals surface area contributed by atoms with Gasteiger partial charge in [0.05, 0.1) is 12.2 Å². The van der Waals surface area contributed by atoms with Crippen LogP contribution in [0.25, 0.3) is 0 Å². The van der Waals surface area contributed by atoms with Gasteiger partial charge in [-0.1, -0.05) is 44.0 Å². The van der Waals surface area contributed by atoms with E-state index in [0.29, 0.717) is 6.10 Å². The van der Waals surface area contributed by atoms with Gasteiger partial charge in [0.2, 0.25) is 0 Å². The summed E-state index contributed by atoms with van der Waals surface area (Å²) in [5.74, 6) is 0. The van der Waals surface area contributed by atoms with Crippen LogP contribution in [-0.4, -0.2) is 19.2 Å². The van der Waals surface area contributed by atoms with Gasteiger partial charge < -0.3 is 10.1 Å². The van der Waals surface area contributed by atoms with Crippen LogP contribution >= 0.6 is 0 Å². The van der Waals surface area contributed by atoms with Crippen LogP contribution in [0, 0.1) is 6.92 Å². The Morgan fingerprint density at radius 1 is 1.26 bits per heavy atom. The van der Waals surface area contributed by atoms with Gasteiger partial charge >= 0.3 is 0 Å². The fraction of sp³-hybridized carbons (Fsp3) is 0.647. The van der Waals surface area contributed by atoms with E-state index in [1.165, 1.54) is 43.2 Å². The molecule has 1 saturated carbocycles. The van der Waals surface area contributed by atoms with Crippen molar-refractivity contribution in [1.29, 1.82) is 0 Å². The molecule has 0 aliphatic heterocycles. The van der Waals surface area contributed by atoms with Gasteiger partial charge in [0.15, 0.2) is 0 Å². The molecule has 0 heterocycles. The summed E-state index contributed by atoms with van der Waals surface area (Å²) >= 11 is 0. The molecule has 0 amide bonds. The van der Waals surface area contributed by atoms with E-state index < -0.39 is 0 Å². The van der Waals surface area contributed by atoms with Crippen LogP contribution in [0.15, 0.2) is 24.3 Å². The van der Waals surface area contributed by atoms with Crippen molar-refractivity contribution in [3.8, 4) is 0 Å². The molecule has 1 aromatic rings. The van der Waals surface area contributed by atoms with Crippen LogP contribution < -0.4 is 5.32 Å². The maximum absolute atomic E-state index is 6.36. The third-order valence-electron chi connectivity index (χ3n) is 3.95. The molecule has 19 heavy (non-hydrogen) atoms. The number of hydrogen-bond donors (Lipinski definition) is 1. The Morgan fingerprint density at radius 2 is 2.00 bits per heavy atom. The maximum atomic E-state index is 6.36. The number of ether oxygens (including phenoxy) is 1. The molecule has 2 heteroatoms. The van der Waals surface area contributed by atoms with Crippen LogP contribution in [0.1, 0.15) is 56.3 Å². The summed E-state index contributed by atoms with van der Waals surface area (Å²) in [6.07, 6.45) is 6.96. The van der Waals surface area contributed by atoms with Crippen LogP contribution in [0.4, 0.5) is 0 Å². The Kier molecular flexibility index (Phi) is 5.87. The van der Waals surface area contributed by atoms with E-state index in [1.807, 2.05) is 0 Å². The van der Waals surface area contributed by atoms with Gasteiger partial charge in [-0.25, -0.2) is 0 Å². The average molecular weight is 261 g/mol. The smallest absolute Gasteiger partial charge is 0.0955 e. The van der Waals surface area contributed by atoms with E-state index in [2.05, 4.69) is 43.4 Å². The Labute approximate surface area is 117 Å². The highest BCUT2D eigenvalue weighted by Crippen LogP contribution is 2.28. The van der Waals surface area contributed by atoms with E-state index in [-0.39, 0.29) is 6.10 Å². The molecule has 0 bridgehead atoms. The molecule has 1 aliphatic rings. The zero-order valence-corrected chi connectivity index (χ0v) is 12.3. The molecule has 0 saturated heterocycles. The summed E-state index contributed by atoms with van der Waals surface area (Å²) in [6.45, 7) is 6.37. The zero-order valence-electron chi connectivity index (χ0n) is 12.3. The van der Waals surface area contributed by atoms with E-state index in [9.17, 15) is 0 Å². The van der Waals surface area contributed by atoms with Gasteiger partial charge in [-0.2, -0.15) is 0 Å². The molecular weight excluding hydrogens is 234 g/mol. The standard InChI is InChI=1S/C17H27NO/c1-3-12-18-13-17(19-15-9-5-6-10-15)16-11-7-4-8-14(16)2/h4,7-8,11,15,17-18H,3,5-6,9-10,12-13H2,1-2H3. The first kappa shape index (κ1) is 14.5. The minimum absolute atomic E-state index is 0.204. The molecule has 0 spiro atoms. The third-order valence-corrected chi connectivity index (χ3v) is 3.95. The van der Waals surface area contributed by atoms with Crippen LogP contribution in [0.3, 0.4) is 0 Å². The highest BCUT2D eigenvalue weighted by atomic mass is 16.5. The quantitative estimate of drug-likeness (QED) is 0.749. The lowest BCUT2D eigenvalue weighted by molar-refractivity contribution is -0.00894. The van der Waals surface area contributed by atoms with E-state index >= 15 is 0 Å². The summed E-state index contributed by atoms with van der Waals surface area (Å²) in [5, 5.41) is 3.51. The summed E-state index contributed by atoms with van der Waals surface area (Å²) in [5.41, 5.74) is 2.68. The summed E-state index contributed by atoms with van der Waals surface area (Å²) in [7, 11) is 0. The molecule has 2 rings (SSSR count). The SMILES string of the molecule is CCCNCC(OC1CCCC1)c1ccccc1C. The van der Waals surface area contributed by atoms with Crippen molar-refractivity contribution in [2.24, 2.45) is 0 Å². The van der Waals surface area contributed by atoms with Gasteiger partial charge in [-0.15, -0.1) is 0 Å². The number of nitrogens with one attached hydrogen (secondary N) is 1. The summed E-state index contributed by atoms with van der Waals surface area (Å²) < 4.78 is 6.36. The van der Waals surface area contributed by atoms with Gasteiger partial charge in [0.25, 0.3) is 0 Å². The van der Waals surface area contributed by atoms with Gasteiger partial charge in [-0.05, 0) is 43.9 Å². The summed E-state index contributed by atoms with van der Waals surface area (Å²) in [4.78, 5) is 0.